The standard InChI is InChI=1S/C19H26N4O2/c1-13-6-8-16(9-7-13)12-22-15(3)17(14(2)21-22)11-20-18-5-4-10-23(25)19(18)24/h6-9,18,20,25H,4-5,10-12H2,1-3H3. The van der Waals surface area contributed by atoms with Crippen molar-refractivity contribution in [2.24, 2.45) is 0 Å². The van der Waals surface area contributed by atoms with Gasteiger partial charge in [0, 0.05) is 24.3 Å². The van der Waals surface area contributed by atoms with Gasteiger partial charge in [0.25, 0.3) is 5.91 Å². The van der Waals surface area contributed by atoms with Crippen molar-refractivity contribution in [3.63, 3.8) is 0 Å². The molecule has 0 bridgehead atoms. The summed E-state index contributed by atoms with van der Waals surface area (Å²) in [6.45, 7) is 7.87. The molecule has 1 unspecified atom stereocenters. The molecule has 6 heteroatoms. The van der Waals surface area contributed by atoms with E-state index in [0.29, 0.717) is 13.1 Å². The third-order valence-corrected chi connectivity index (χ3v) is 4.92. The van der Waals surface area contributed by atoms with Crippen LogP contribution < -0.4 is 5.32 Å². The van der Waals surface area contributed by atoms with Gasteiger partial charge in [-0.2, -0.15) is 5.10 Å². The number of aromatic nitrogens is 2. The fourth-order valence-electron chi connectivity index (χ4n) is 3.28. The summed E-state index contributed by atoms with van der Waals surface area (Å²) in [5.41, 5.74) is 5.66. The number of hydrogen-bond acceptors (Lipinski definition) is 4. The monoisotopic (exact) mass is 342 g/mol. The first-order valence-corrected chi connectivity index (χ1v) is 8.78. The molecule has 6 nitrogen and oxygen atoms in total. The minimum Gasteiger partial charge on any atom is -0.302 e. The van der Waals surface area contributed by atoms with Crippen molar-refractivity contribution in [2.75, 3.05) is 6.54 Å². The lowest BCUT2D eigenvalue weighted by molar-refractivity contribution is -0.172. The zero-order valence-electron chi connectivity index (χ0n) is 15.1. The van der Waals surface area contributed by atoms with E-state index in [1.165, 1.54) is 11.1 Å². The maximum Gasteiger partial charge on any atom is 0.263 e. The zero-order valence-corrected chi connectivity index (χ0v) is 15.1. The molecule has 0 radical (unpaired) electrons. The van der Waals surface area contributed by atoms with Crippen molar-refractivity contribution in [3.8, 4) is 0 Å². The van der Waals surface area contributed by atoms with Crippen molar-refractivity contribution in [1.82, 2.24) is 20.2 Å². The molecule has 2 heterocycles. The van der Waals surface area contributed by atoms with Crippen LogP contribution in [0.3, 0.4) is 0 Å². The van der Waals surface area contributed by atoms with Gasteiger partial charge >= 0.3 is 0 Å². The fraction of sp³-hybridized carbons (Fsp3) is 0.474. The number of hydrogen-bond donors (Lipinski definition) is 2. The van der Waals surface area contributed by atoms with Crippen molar-refractivity contribution < 1.29 is 10.0 Å². The van der Waals surface area contributed by atoms with Crippen LogP contribution in [0, 0.1) is 20.8 Å². The smallest absolute Gasteiger partial charge is 0.263 e. The van der Waals surface area contributed by atoms with Crippen LogP contribution in [0.2, 0.25) is 0 Å². The number of piperidine rings is 1. The number of amides is 1. The Kier molecular flexibility index (Phi) is 5.20. The first kappa shape index (κ1) is 17.6. The molecule has 1 fully saturated rings. The summed E-state index contributed by atoms with van der Waals surface area (Å²) >= 11 is 0. The van der Waals surface area contributed by atoms with Gasteiger partial charge in [0.1, 0.15) is 0 Å². The molecule has 25 heavy (non-hydrogen) atoms. The van der Waals surface area contributed by atoms with E-state index in [1.807, 2.05) is 11.6 Å². The molecule has 1 amide bonds. The third-order valence-electron chi connectivity index (χ3n) is 4.92. The molecule has 1 aliphatic rings. The Morgan fingerprint density at radius 1 is 1.24 bits per heavy atom. The van der Waals surface area contributed by atoms with E-state index >= 15 is 0 Å². The van der Waals surface area contributed by atoms with Crippen LogP contribution in [0.4, 0.5) is 0 Å². The summed E-state index contributed by atoms with van der Waals surface area (Å²) in [5.74, 6) is -0.242. The second kappa shape index (κ2) is 7.37. The Morgan fingerprint density at radius 3 is 2.68 bits per heavy atom. The molecule has 0 aliphatic carbocycles. The summed E-state index contributed by atoms with van der Waals surface area (Å²) in [5, 5.41) is 18.3. The second-order valence-corrected chi connectivity index (χ2v) is 6.83. The van der Waals surface area contributed by atoms with Gasteiger partial charge in [-0.3, -0.25) is 14.7 Å². The van der Waals surface area contributed by atoms with Crippen LogP contribution >= 0.6 is 0 Å². The van der Waals surface area contributed by atoms with Crippen LogP contribution in [-0.4, -0.2) is 38.5 Å². The summed E-state index contributed by atoms with van der Waals surface area (Å²) in [7, 11) is 0. The Balaban J connectivity index is 1.69. The minimum absolute atomic E-state index is 0.242. The van der Waals surface area contributed by atoms with Gasteiger partial charge in [0.15, 0.2) is 0 Å². The lowest BCUT2D eigenvalue weighted by atomic mass is 10.1. The molecule has 1 aromatic carbocycles. The van der Waals surface area contributed by atoms with E-state index in [-0.39, 0.29) is 11.9 Å². The average Bonchev–Trinajstić information content (AvgIpc) is 2.85. The SMILES string of the molecule is Cc1ccc(Cn2nc(C)c(CNC3CCCN(O)C3=O)c2C)cc1. The van der Waals surface area contributed by atoms with Crippen LogP contribution in [-0.2, 0) is 17.9 Å². The predicted octanol–water partition coefficient (Wildman–Crippen LogP) is 2.33. The topological polar surface area (TPSA) is 70.4 Å². The molecule has 1 atom stereocenters. The largest absolute Gasteiger partial charge is 0.302 e. The normalized spacial score (nSPS) is 18.0. The molecule has 0 saturated carbocycles. The van der Waals surface area contributed by atoms with Gasteiger partial charge in [-0.15, -0.1) is 0 Å². The number of nitrogens with one attached hydrogen (secondary N) is 1. The summed E-state index contributed by atoms with van der Waals surface area (Å²) in [6.07, 6.45) is 1.57. The highest BCUT2D eigenvalue weighted by Crippen LogP contribution is 2.17. The Morgan fingerprint density at radius 2 is 1.96 bits per heavy atom. The van der Waals surface area contributed by atoms with Gasteiger partial charge in [0.05, 0.1) is 18.3 Å². The quantitative estimate of drug-likeness (QED) is 0.818. The first-order valence-electron chi connectivity index (χ1n) is 8.78. The maximum atomic E-state index is 12.0. The predicted molar refractivity (Wildman–Crippen MR) is 95.3 cm³/mol. The number of carbonyl (C=O) groups excluding carboxylic acids is 1. The third kappa shape index (κ3) is 3.91. The summed E-state index contributed by atoms with van der Waals surface area (Å²) in [4.78, 5) is 12.0. The highest BCUT2D eigenvalue weighted by molar-refractivity contribution is 5.81. The Hall–Kier alpha value is -2.18. The molecule has 1 aromatic heterocycles. The summed E-state index contributed by atoms with van der Waals surface area (Å²) in [6, 6.07) is 8.15. The van der Waals surface area contributed by atoms with Crippen molar-refractivity contribution in [3.05, 3.63) is 52.3 Å². The zero-order chi connectivity index (χ0) is 18.0. The first-order chi connectivity index (χ1) is 12.0. The van der Waals surface area contributed by atoms with Gasteiger partial charge in [0.2, 0.25) is 0 Å². The Labute approximate surface area is 148 Å². The van der Waals surface area contributed by atoms with Crippen LogP contribution in [0.25, 0.3) is 0 Å². The van der Waals surface area contributed by atoms with Crippen LogP contribution in [0.15, 0.2) is 24.3 Å². The fourth-order valence-corrected chi connectivity index (χ4v) is 3.28. The Bertz CT molecular complexity index is 752. The lowest BCUT2D eigenvalue weighted by Crippen LogP contribution is -2.49. The highest BCUT2D eigenvalue weighted by atomic mass is 16.5. The summed E-state index contributed by atoms with van der Waals surface area (Å²) < 4.78 is 2.01. The molecule has 3 rings (SSSR count). The van der Waals surface area contributed by atoms with Crippen LogP contribution in [0.1, 0.15) is 40.9 Å². The van der Waals surface area contributed by atoms with Gasteiger partial charge in [-0.25, -0.2) is 5.06 Å². The minimum atomic E-state index is -0.321. The van der Waals surface area contributed by atoms with Gasteiger partial charge < -0.3 is 5.32 Å². The molecule has 1 saturated heterocycles. The number of nitrogens with zero attached hydrogens (tertiary/aromatic N) is 3. The average molecular weight is 342 g/mol. The number of benzene rings is 1. The number of hydroxylamine groups is 2. The molecule has 134 valence electrons. The van der Waals surface area contributed by atoms with E-state index < -0.39 is 0 Å². The number of rotatable bonds is 5. The van der Waals surface area contributed by atoms with E-state index in [2.05, 4.69) is 48.5 Å². The molecular formula is C19H26N4O2. The number of aryl methyl sites for hydroxylation is 2. The van der Waals surface area contributed by atoms with E-state index in [0.717, 1.165) is 41.4 Å². The van der Waals surface area contributed by atoms with E-state index in [9.17, 15) is 10.0 Å². The highest BCUT2D eigenvalue weighted by Gasteiger charge is 2.27. The number of carbonyl (C=O) groups is 1. The maximum absolute atomic E-state index is 12.0. The van der Waals surface area contributed by atoms with Crippen LogP contribution in [0.5, 0.6) is 0 Å². The van der Waals surface area contributed by atoms with Crippen molar-refractivity contribution in [2.45, 2.75) is 52.7 Å². The van der Waals surface area contributed by atoms with Gasteiger partial charge in [-0.1, -0.05) is 29.8 Å². The molecular weight excluding hydrogens is 316 g/mol. The molecule has 0 spiro atoms. The molecule has 1 aliphatic heterocycles. The van der Waals surface area contributed by atoms with Crippen molar-refractivity contribution in [1.29, 1.82) is 0 Å². The second-order valence-electron chi connectivity index (χ2n) is 6.83. The van der Waals surface area contributed by atoms with Gasteiger partial charge in [-0.05, 0) is 39.2 Å². The van der Waals surface area contributed by atoms with E-state index in [1.54, 1.807) is 0 Å². The molecule has 2 N–H and O–H groups in total. The molecule has 2 aromatic rings. The van der Waals surface area contributed by atoms with E-state index in [4.69, 9.17) is 0 Å². The lowest BCUT2D eigenvalue weighted by Gasteiger charge is -2.28. The van der Waals surface area contributed by atoms with Crippen molar-refractivity contribution >= 4 is 5.91 Å².